The van der Waals surface area contributed by atoms with Gasteiger partial charge in [-0.3, -0.25) is 0 Å². The average molecular weight is 302 g/mol. The highest BCUT2D eigenvalue weighted by Crippen LogP contribution is 2.23. The van der Waals surface area contributed by atoms with Crippen molar-refractivity contribution in [2.75, 3.05) is 32.6 Å². The van der Waals surface area contributed by atoms with E-state index in [-0.39, 0.29) is 10.6 Å². The summed E-state index contributed by atoms with van der Waals surface area (Å²) >= 11 is 0. The highest BCUT2D eigenvalue weighted by molar-refractivity contribution is 7.89. The van der Waals surface area contributed by atoms with Crippen LogP contribution < -0.4 is 15.2 Å². The van der Waals surface area contributed by atoms with Gasteiger partial charge < -0.3 is 15.2 Å². The summed E-state index contributed by atoms with van der Waals surface area (Å²) in [5.41, 5.74) is 5.88. The summed E-state index contributed by atoms with van der Waals surface area (Å²) in [6, 6.07) is 4.49. The molecule has 0 saturated heterocycles. The summed E-state index contributed by atoms with van der Waals surface area (Å²) in [6.45, 7) is 5.70. The highest BCUT2D eigenvalue weighted by atomic mass is 32.2. The van der Waals surface area contributed by atoms with E-state index >= 15 is 0 Å². The Bertz CT molecular complexity index is 529. The molecule has 0 bridgehead atoms. The van der Waals surface area contributed by atoms with Crippen molar-refractivity contribution < 1.29 is 17.9 Å². The van der Waals surface area contributed by atoms with Gasteiger partial charge in [0.05, 0.1) is 12.3 Å². The fourth-order valence-electron chi connectivity index (χ4n) is 1.51. The van der Waals surface area contributed by atoms with E-state index in [4.69, 9.17) is 15.2 Å². The molecule has 1 aromatic carbocycles. The largest absolute Gasteiger partial charge is 0.491 e. The van der Waals surface area contributed by atoms with Gasteiger partial charge >= 0.3 is 0 Å². The summed E-state index contributed by atoms with van der Waals surface area (Å²) in [5, 5.41) is 0. The lowest BCUT2D eigenvalue weighted by molar-refractivity contribution is 0.0819. The predicted octanol–water partition coefficient (Wildman–Crippen LogP) is 1.23. The third kappa shape index (κ3) is 4.99. The summed E-state index contributed by atoms with van der Waals surface area (Å²) in [5.74, 6) is 1.00. The molecule has 114 valence electrons. The quantitative estimate of drug-likeness (QED) is 0.557. The van der Waals surface area contributed by atoms with Crippen molar-refractivity contribution in [2.45, 2.75) is 18.7 Å². The summed E-state index contributed by atoms with van der Waals surface area (Å²) in [7, 11) is -2.20. The zero-order chi connectivity index (χ0) is 15.2. The van der Waals surface area contributed by atoms with E-state index < -0.39 is 10.0 Å². The zero-order valence-electron chi connectivity index (χ0n) is 12.0. The fourth-order valence-corrected chi connectivity index (χ4v) is 2.34. The van der Waals surface area contributed by atoms with Crippen LogP contribution >= 0.6 is 0 Å². The average Bonchev–Trinajstić information content (AvgIpc) is 2.37. The molecule has 20 heavy (non-hydrogen) atoms. The SMILES string of the molecule is CNS(=O)(=O)c1ccc(OCCOCC(C)C)cc1N. The molecule has 6 nitrogen and oxygen atoms in total. The number of nitrogens with two attached hydrogens (primary N) is 1. The Morgan fingerprint density at radius 1 is 1.30 bits per heavy atom. The third-order valence-electron chi connectivity index (χ3n) is 2.49. The zero-order valence-corrected chi connectivity index (χ0v) is 12.9. The molecule has 0 atom stereocenters. The van der Waals surface area contributed by atoms with Crippen LogP contribution in [0.5, 0.6) is 5.75 Å². The van der Waals surface area contributed by atoms with Crippen molar-refractivity contribution >= 4 is 15.7 Å². The van der Waals surface area contributed by atoms with E-state index in [0.29, 0.717) is 31.5 Å². The molecular weight excluding hydrogens is 280 g/mol. The molecule has 0 unspecified atom stereocenters. The molecule has 0 amide bonds. The van der Waals surface area contributed by atoms with E-state index in [1.807, 2.05) is 0 Å². The van der Waals surface area contributed by atoms with Gasteiger partial charge in [-0.25, -0.2) is 13.1 Å². The maximum atomic E-state index is 11.6. The van der Waals surface area contributed by atoms with Crippen molar-refractivity contribution in [3.05, 3.63) is 18.2 Å². The molecule has 0 saturated carbocycles. The highest BCUT2D eigenvalue weighted by Gasteiger charge is 2.15. The first-order valence-corrected chi connectivity index (χ1v) is 7.88. The van der Waals surface area contributed by atoms with Crippen LogP contribution in [0.15, 0.2) is 23.1 Å². The maximum absolute atomic E-state index is 11.6. The van der Waals surface area contributed by atoms with Crippen LogP contribution in [0, 0.1) is 5.92 Å². The number of ether oxygens (including phenoxy) is 2. The van der Waals surface area contributed by atoms with E-state index in [1.165, 1.54) is 19.2 Å². The van der Waals surface area contributed by atoms with Crippen LogP contribution in [0.4, 0.5) is 5.69 Å². The molecule has 0 aliphatic heterocycles. The normalized spacial score (nSPS) is 11.8. The van der Waals surface area contributed by atoms with E-state index in [2.05, 4.69) is 18.6 Å². The monoisotopic (exact) mass is 302 g/mol. The molecule has 0 fully saturated rings. The van der Waals surface area contributed by atoms with Crippen LogP contribution in [0.1, 0.15) is 13.8 Å². The van der Waals surface area contributed by atoms with Crippen molar-refractivity contribution in [3.8, 4) is 5.75 Å². The van der Waals surface area contributed by atoms with Crippen molar-refractivity contribution in [2.24, 2.45) is 5.92 Å². The summed E-state index contributed by atoms with van der Waals surface area (Å²) < 4.78 is 36.3. The number of anilines is 1. The number of rotatable bonds is 8. The standard InChI is InChI=1S/C13H22N2O4S/c1-10(2)9-18-6-7-19-11-4-5-13(12(14)8-11)20(16,17)15-3/h4-5,8,10,15H,6-7,9,14H2,1-3H3. The number of hydrogen-bond acceptors (Lipinski definition) is 5. The molecule has 0 radical (unpaired) electrons. The predicted molar refractivity (Wildman–Crippen MR) is 78.3 cm³/mol. The smallest absolute Gasteiger partial charge is 0.242 e. The number of nitrogen functional groups attached to an aromatic ring is 1. The molecule has 0 heterocycles. The maximum Gasteiger partial charge on any atom is 0.242 e. The van der Waals surface area contributed by atoms with Gasteiger partial charge in [0, 0.05) is 12.7 Å². The third-order valence-corrected chi connectivity index (χ3v) is 3.98. The van der Waals surface area contributed by atoms with Gasteiger partial charge in [-0.05, 0) is 25.1 Å². The molecule has 1 rings (SSSR count). The Kier molecular flexibility index (Phi) is 6.25. The first-order valence-electron chi connectivity index (χ1n) is 6.40. The molecule has 0 aliphatic rings. The number of benzene rings is 1. The molecular formula is C13H22N2O4S. The Morgan fingerprint density at radius 2 is 2.00 bits per heavy atom. The van der Waals surface area contributed by atoms with E-state index in [0.717, 1.165) is 0 Å². The minimum absolute atomic E-state index is 0.0448. The van der Waals surface area contributed by atoms with Crippen LogP contribution in [0.2, 0.25) is 0 Å². The van der Waals surface area contributed by atoms with Crippen LogP contribution in [0.25, 0.3) is 0 Å². The van der Waals surface area contributed by atoms with Crippen LogP contribution in [-0.4, -0.2) is 35.3 Å². The van der Waals surface area contributed by atoms with Gasteiger partial charge in [0.15, 0.2) is 0 Å². The van der Waals surface area contributed by atoms with E-state index in [1.54, 1.807) is 6.07 Å². The number of sulfonamides is 1. The molecule has 0 aliphatic carbocycles. The number of hydrogen-bond donors (Lipinski definition) is 2. The summed E-state index contributed by atoms with van der Waals surface area (Å²) in [4.78, 5) is 0.0448. The molecule has 3 N–H and O–H groups in total. The molecule has 0 spiro atoms. The minimum atomic E-state index is -3.54. The Hall–Kier alpha value is -1.31. The van der Waals surface area contributed by atoms with E-state index in [9.17, 15) is 8.42 Å². The second-order valence-electron chi connectivity index (χ2n) is 4.72. The minimum Gasteiger partial charge on any atom is -0.491 e. The second-order valence-corrected chi connectivity index (χ2v) is 6.58. The first-order chi connectivity index (χ1) is 9.36. The number of nitrogens with one attached hydrogen (secondary N) is 1. The lowest BCUT2D eigenvalue weighted by atomic mass is 10.2. The molecule has 7 heteroatoms. The van der Waals surface area contributed by atoms with Crippen molar-refractivity contribution in [1.82, 2.24) is 4.72 Å². The Balaban J connectivity index is 2.56. The lowest BCUT2D eigenvalue weighted by Crippen LogP contribution is -2.20. The van der Waals surface area contributed by atoms with Crippen LogP contribution in [-0.2, 0) is 14.8 Å². The lowest BCUT2D eigenvalue weighted by Gasteiger charge is -2.11. The van der Waals surface area contributed by atoms with Gasteiger partial charge in [-0.1, -0.05) is 13.8 Å². The first kappa shape index (κ1) is 16.7. The Labute approximate surface area is 120 Å². The van der Waals surface area contributed by atoms with Gasteiger partial charge in [-0.2, -0.15) is 0 Å². The second kappa shape index (κ2) is 7.47. The van der Waals surface area contributed by atoms with Crippen molar-refractivity contribution in [3.63, 3.8) is 0 Å². The Morgan fingerprint density at radius 3 is 2.55 bits per heavy atom. The molecule has 1 aromatic rings. The summed E-state index contributed by atoms with van der Waals surface area (Å²) in [6.07, 6.45) is 0. The van der Waals surface area contributed by atoms with Gasteiger partial charge in [0.2, 0.25) is 10.0 Å². The van der Waals surface area contributed by atoms with Gasteiger partial charge in [0.1, 0.15) is 17.3 Å². The van der Waals surface area contributed by atoms with Gasteiger partial charge in [-0.15, -0.1) is 0 Å². The van der Waals surface area contributed by atoms with Crippen molar-refractivity contribution in [1.29, 1.82) is 0 Å². The molecule has 0 aromatic heterocycles. The topological polar surface area (TPSA) is 90.7 Å². The van der Waals surface area contributed by atoms with Crippen LogP contribution in [0.3, 0.4) is 0 Å². The fraction of sp³-hybridized carbons (Fsp3) is 0.538. The van der Waals surface area contributed by atoms with Gasteiger partial charge in [0.25, 0.3) is 0 Å².